The number of ketones is 1. The minimum atomic E-state index is 0.184. The quantitative estimate of drug-likeness (QED) is 0.803. The molecule has 3 nitrogen and oxygen atoms in total. The first kappa shape index (κ1) is 9.78. The minimum absolute atomic E-state index is 0.184. The molecule has 0 unspecified atom stereocenters. The summed E-state index contributed by atoms with van der Waals surface area (Å²) < 4.78 is 2.68. The molecule has 0 fully saturated rings. The first-order chi connectivity index (χ1) is 7.77. The number of carbonyl (C=O) groups is 1. The molecule has 2 aromatic rings. The number of Topliss-reactive ketones (excluding diaryl/α,β-unsaturated/α-hetero) is 1. The molecule has 0 saturated heterocycles. The zero-order valence-corrected chi connectivity index (χ0v) is 10.1. The number of hydrogen-bond acceptors (Lipinski definition) is 2. The third-order valence-electron chi connectivity index (χ3n) is 2.81. The van der Waals surface area contributed by atoms with Gasteiger partial charge in [-0.1, -0.05) is 12.1 Å². The Morgan fingerprint density at radius 1 is 1.25 bits per heavy atom. The standard InChI is InChI=1S/C12H9BrN2O/c13-9-3-1-2-4-10(9)15-12-8(7-14-15)5-6-11(12)16/h1-4,7H,5-6H2. The topological polar surface area (TPSA) is 34.9 Å². The Morgan fingerprint density at radius 3 is 2.88 bits per heavy atom. The van der Waals surface area contributed by atoms with E-state index in [2.05, 4.69) is 21.0 Å². The molecule has 0 spiro atoms. The lowest BCUT2D eigenvalue weighted by Crippen LogP contribution is -2.06. The second-order valence-corrected chi connectivity index (χ2v) is 4.66. The van der Waals surface area contributed by atoms with Gasteiger partial charge in [0.05, 0.1) is 11.9 Å². The summed E-state index contributed by atoms with van der Waals surface area (Å²) in [4.78, 5) is 11.8. The summed E-state index contributed by atoms with van der Waals surface area (Å²) in [5.41, 5.74) is 2.71. The van der Waals surface area contributed by atoms with Gasteiger partial charge in [0, 0.05) is 16.5 Å². The number of hydrogen-bond donors (Lipinski definition) is 0. The maximum Gasteiger partial charge on any atom is 0.181 e. The number of nitrogens with zero attached hydrogens (tertiary/aromatic N) is 2. The zero-order chi connectivity index (χ0) is 11.1. The number of halogens is 1. The minimum Gasteiger partial charge on any atom is -0.292 e. The fourth-order valence-corrected chi connectivity index (χ4v) is 2.49. The van der Waals surface area contributed by atoms with Crippen LogP contribution in [0.2, 0.25) is 0 Å². The molecule has 0 radical (unpaired) electrons. The maximum absolute atomic E-state index is 11.8. The van der Waals surface area contributed by atoms with Crippen LogP contribution in [-0.4, -0.2) is 15.6 Å². The van der Waals surface area contributed by atoms with Crippen molar-refractivity contribution in [3.8, 4) is 5.69 Å². The van der Waals surface area contributed by atoms with E-state index < -0.39 is 0 Å². The Bertz CT molecular complexity index is 574. The summed E-state index contributed by atoms with van der Waals surface area (Å²) in [5, 5.41) is 4.29. The van der Waals surface area contributed by atoms with Crippen LogP contribution in [0.3, 0.4) is 0 Å². The van der Waals surface area contributed by atoms with E-state index in [9.17, 15) is 4.79 Å². The molecule has 0 saturated carbocycles. The van der Waals surface area contributed by atoms with Gasteiger partial charge in [-0.2, -0.15) is 5.10 Å². The van der Waals surface area contributed by atoms with Gasteiger partial charge in [-0.15, -0.1) is 0 Å². The highest BCUT2D eigenvalue weighted by Gasteiger charge is 2.25. The van der Waals surface area contributed by atoms with Crippen LogP contribution in [0.4, 0.5) is 0 Å². The third-order valence-corrected chi connectivity index (χ3v) is 3.48. The van der Waals surface area contributed by atoms with E-state index in [1.807, 2.05) is 24.3 Å². The van der Waals surface area contributed by atoms with Gasteiger partial charge in [-0.05, 0) is 34.5 Å². The molecule has 0 N–H and O–H groups in total. The van der Waals surface area contributed by atoms with E-state index in [1.54, 1.807) is 10.9 Å². The van der Waals surface area contributed by atoms with Crippen molar-refractivity contribution < 1.29 is 4.79 Å². The highest BCUT2D eigenvalue weighted by Crippen LogP contribution is 2.27. The number of rotatable bonds is 1. The van der Waals surface area contributed by atoms with Crippen LogP contribution in [-0.2, 0) is 6.42 Å². The second-order valence-electron chi connectivity index (χ2n) is 3.80. The van der Waals surface area contributed by atoms with Crippen molar-refractivity contribution in [3.63, 3.8) is 0 Å². The van der Waals surface area contributed by atoms with E-state index in [-0.39, 0.29) is 5.78 Å². The van der Waals surface area contributed by atoms with Gasteiger partial charge in [0.25, 0.3) is 0 Å². The molecule has 1 aromatic heterocycles. The van der Waals surface area contributed by atoms with Crippen LogP contribution in [0.5, 0.6) is 0 Å². The summed E-state index contributed by atoms with van der Waals surface area (Å²) in [6.07, 6.45) is 3.22. The molecule has 3 rings (SSSR count). The molecule has 4 heteroatoms. The van der Waals surface area contributed by atoms with Crippen molar-refractivity contribution in [1.82, 2.24) is 9.78 Å². The largest absolute Gasteiger partial charge is 0.292 e. The number of aromatic nitrogens is 2. The average Bonchev–Trinajstić information content (AvgIpc) is 2.83. The smallest absolute Gasteiger partial charge is 0.181 e. The Balaban J connectivity index is 2.22. The predicted octanol–water partition coefficient (Wildman–Crippen LogP) is 2.76. The van der Waals surface area contributed by atoms with Crippen LogP contribution in [0, 0.1) is 0 Å². The van der Waals surface area contributed by atoms with E-state index in [1.165, 1.54) is 0 Å². The molecule has 1 aliphatic carbocycles. The van der Waals surface area contributed by atoms with Crippen molar-refractivity contribution in [3.05, 3.63) is 46.2 Å². The van der Waals surface area contributed by atoms with Crippen molar-refractivity contribution in [2.45, 2.75) is 12.8 Å². The summed E-state index contributed by atoms with van der Waals surface area (Å²) in [7, 11) is 0. The lowest BCUT2D eigenvalue weighted by atomic mass is 10.2. The van der Waals surface area contributed by atoms with Crippen molar-refractivity contribution in [2.75, 3.05) is 0 Å². The SMILES string of the molecule is O=C1CCc2cnn(-c3ccccc3Br)c21. The molecule has 1 aromatic carbocycles. The normalized spacial score (nSPS) is 14.2. The third kappa shape index (κ3) is 1.33. The van der Waals surface area contributed by atoms with Crippen molar-refractivity contribution in [2.24, 2.45) is 0 Å². The molecule has 1 aliphatic rings. The fourth-order valence-electron chi connectivity index (χ4n) is 2.04. The Labute approximate surface area is 101 Å². The number of fused-ring (bicyclic) bond motifs is 1. The Hall–Kier alpha value is -1.42. The highest BCUT2D eigenvalue weighted by atomic mass is 79.9. The van der Waals surface area contributed by atoms with E-state index in [0.29, 0.717) is 6.42 Å². The fraction of sp³-hybridized carbons (Fsp3) is 0.167. The number of carbonyl (C=O) groups excluding carboxylic acids is 1. The summed E-state index contributed by atoms with van der Waals surface area (Å²) in [6.45, 7) is 0. The zero-order valence-electron chi connectivity index (χ0n) is 8.48. The van der Waals surface area contributed by atoms with Crippen LogP contribution >= 0.6 is 15.9 Å². The van der Waals surface area contributed by atoms with Gasteiger partial charge in [-0.3, -0.25) is 4.79 Å². The van der Waals surface area contributed by atoms with Crippen LogP contribution in [0.1, 0.15) is 22.5 Å². The molecule has 80 valence electrons. The highest BCUT2D eigenvalue weighted by molar-refractivity contribution is 9.10. The van der Waals surface area contributed by atoms with Gasteiger partial charge in [0.1, 0.15) is 5.69 Å². The van der Waals surface area contributed by atoms with Crippen molar-refractivity contribution >= 4 is 21.7 Å². The van der Waals surface area contributed by atoms with Gasteiger partial charge >= 0.3 is 0 Å². The molecule has 1 heterocycles. The summed E-state index contributed by atoms with van der Waals surface area (Å²) in [6, 6.07) is 7.78. The van der Waals surface area contributed by atoms with Gasteiger partial charge in [0.2, 0.25) is 0 Å². The number of aryl methyl sites for hydroxylation is 1. The van der Waals surface area contributed by atoms with E-state index >= 15 is 0 Å². The number of para-hydroxylation sites is 1. The summed E-state index contributed by atoms with van der Waals surface area (Å²) in [5.74, 6) is 0.184. The van der Waals surface area contributed by atoms with Gasteiger partial charge < -0.3 is 0 Å². The van der Waals surface area contributed by atoms with Gasteiger partial charge in [-0.25, -0.2) is 4.68 Å². The first-order valence-corrected chi connectivity index (χ1v) is 5.91. The lowest BCUT2D eigenvalue weighted by Gasteiger charge is -2.06. The molecular weight excluding hydrogens is 268 g/mol. The van der Waals surface area contributed by atoms with Crippen LogP contribution in [0.15, 0.2) is 34.9 Å². The molecule has 16 heavy (non-hydrogen) atoms. The Morgan fingerprint density at radius 2 is 2.06 bits per heavy atom. The lowest BCUT2D eigenvalue weighted by molar-refractivity contribution is 0.0987. The average molecular weight is 277 g/mol. The van der Waals surface area contributed by atoms with Gasteiger partial charge in [0.15, 0.2) is 5.78 Å². The molecule has 0 amide bonds. The van der Waals surface area contributed by atoms with E-state index in [0.717, 1.165) is 27.8 Å². The molecular formula is C12H9BrN2O. The first-order valence-electron chi connectivity index (χ1n) is 5.12. The van der Waals surface area contributed by atoms with Crippen molar-refractivity contribution in [1.29, 1.82) is 0 Å². The molecule has 0 bridgehead atoms. The summed E-state index contributed by atoms with van der Waals surface area (Å²) >= 11 is 3.47. The van der Waals surface area contributed by atoms with Crippen LogP contribution < -0.4 is 0 Å². The molecule has 0 atom stereocenters. The predicted molar refractivity (Wildman–Crippen MR) is 63.9 cm³/mol. The second kappa shape index (κ2) is 3.56. The molecule has 0 aliphatic heterocycles. The number of benzene rings is 1. The van der Waals surface area contributed by atoms with E-state index in [4.69, 9.17) is 0 Å². The van der Waals surface area contributed by atoms with Crippen LogP contribution in [0.25, 0.3) is 5.69 Å². The monoisotopic (exact) mass is 276 g/mol. The Kier molecular flexibility index (Phi) is 2.17. The maximum atomic E-state index is 11.8.